The van der Waals surface area contributed by atoms with Crippen LogP contribution in [0.25, 0.3) is 0 Å². The summed E-state index contributed by atoms with van der Waals surface area (Å²) in [7, 11) is 1.82. The van der Waals surface area contributed by atoms with Gasteiger partial charge in [-0.3, -0.25) is 10.1 Å². The van der Waals surface area contributed by atoms with Gasteiger partial charge in [0.1, 0.15) is 0 Å². The summed E-state index contributed by atoms with van der Waals surface area (Å²) in [4.78, 5) is 10.1. The quantitative estimate of drug-likeness (QED) is 0.623. The second kappa shape index (κ2) is 5.57. The smallest absolute Gasteiger partial charge is 0.269 e. The van der Waals surface area contributed by atoms with Crippen molar-refractivity contribution >= 4 is 18.1 Å². The van der Waals surface area contributed by atoms with Crippen molar-refractivity contribution in [2.45, 2.75) is 13.0 Å². The average molecular weight is 217 g/mol. The third-order valence-electron chi connectivity index (χ3n) is 2.01. The van der Waals surface area contributed by atoms with Crippen LogP contribution >= 0.6 is 12.4 Å². The summed E-state index contributed by atoms with van der Waals surface area (Å²) in [5.41, 5.74) is 1.07. The van der Waals surface area contributed by atoms with Crippen LogP contribution in [0.5, 0.6) is 0 Å². The Balaban J connectivity index is 0.00000169. The fraction of sp³-hybridized carbons (Fsp3) is 0.333. The van der Waals surface area contributed by atoms with Crippen LogP contribution < -0.4 is 5.32 Å². The van der Waals surface area contributed by atoms with Crippen LogP contribution in [0.1, 0.15) is 18.5 Å². The van der Waals surface area contributed by atoms with E-state index in [0.717, 1.165) is 5.56 Å². The van der Waals surface area contributed by atoms with Gasteiger partial charge in [-0.05, 0) is 19.5 Å². The predicted octanol–water partition coefficient (Wildman–Crippen LogP) is 2.30. The molecule has 0 saturated carbocycles. The van der Waals surface area contributed by atoms with Crippen molar-refractivity contribution in [1.29, 1.82) is 0 Å². The van der Waals surface area contributed by atoms with Crippen molar-refractivity contribution in [2.24, 2.45) is 0 Å². The van der Waals surface area contributed by atoms with Crippen molar-refractivity contribution in [3.8, 4) is 0 Å². The lowest BCUT2D eigenvalue weighted by molar-refractivity contribution is -0.384. The zero-order valence-corrected chi connectivity index (χ0v) is 8.88. The summed E-state index contributed by atoms with van der Waals surface area (Å²) in [5, 5.41) is 13.5. The van der Waals surface area contributed by atoms with Gasteiger partial charge in [0.2, 0.25) is 0 Å². The monoisotopic (exact) mass is 216 g/mol. The number of nitrogens with one attached hydrogen (secondary N) is 1. The Morgan fingerprint density at radius 3 is 2.64 bits per heavy atom. The Morgan fingerprint density at radius 1 is 1.50 bits per heavy atom. The zero-order valence-electron chi connectivity index (χ0n) is 8.06. The summed E-state index contributed by atoms with van der Waals surface area (Å²) in [6.45, 7) is 1.96. The molecule has 1 rings (SSSR count). The molecule has 0 amide bonds. The maximum Gasteiger partial charge on any atom is 0.269 e. The molecular formula is C9H13ClN2O2. The number of rotatable bonds is 3. The van der Waals surface area contributed by atoms with E-state index in [1.54, 1.807) is 12.1 Å². The topological polar surface area (TPSA) is 55.2 Å². The minimum Gasteiger partial charge on any atom is -0.313 e. The number of nitrogens with zero attached hydrogens (tertiary/aromatic N) is 1. The Bertz CT molecular complexity index is 317. The molecule has 4 nitrogen and oxygen atoms in total. The third kappa shape index (κ3) is 2.97. The SMILES string of the molecule is CNC(C)c1cccc([N+](=O)[O-])c1.Cl. The van der Waals surface area contributed by atoms with Gasteiger partial charge in [0.15, 0.2) is 0 Å². The number of nitro groups is 1. The van der Waals surface area contributed by atoms with E-state index >= 15 is 0 Å². The fourth-order valence-electron chi connectivity index (χ4n) is 1.07. The predicted molar refractivity (Wildman–Crippen MR) is 57.8 cm³/mol. The molecule has 1 aromatic rings. The molecule has 0 aliphatic rings. The normalized spacial score (nSPS) is 11.6. The summed E-state index contributed by atoms with van der Waals surface area (Å²) in [6, 6.07) is 6.78. The first-order valence-electron chi connectivity index (χ1n) is 4.06. The van der Waals surface area contributed by atoms with Crippen molar-refractivity contribution < 1.29 is 4.92 Å². The van der Waals surface area contributed by atoms with Gasteiger partial charge >= 0.3 is 0 Å². The number of hydrogen-bond acceptors (Lipinski definition) is 3. The van der Waals surface area contributed by atoms with Gasteiger partial charge in [-0.15, -0.1) is 12.4 Å². The van der Waals surface area contributed by atoms with Crippen LogP contribution in [0.2, 0.25) is 0 Å². The number of non-ortho nitro benzene ring substituents is 1. The molecule has 1 N–H and O–H groups in total. The highest BCUT2D eigenvalue weighted by atomic mass is 35.5. The molecule has 1 aromatic carbocycles. The number of benzene rings is 1. The lowest BCUT2D eigenvalue weighted by Gasteiger charge is -2.09. The molecule has 0 heterocycles. The summed E-state index contributed by atoms with van der Waals surface area (Å²) in [6.07, 6.45) is 0. The van der Waals surface area contributed by atoms with Crippen LogP contribution in [-0.2, 0) is 0 Å². The first-order valence-corrected chi connectivity index (χ1v) is 4.06. The van der Waals surface area contributed by atoms with E-state index < -0.39 is 0 Å². The van der Waals surface area contributed by atoms with Crippen molar-refractivity contribution in [1.82, 2.24) is 5.32 Å². The van der Waals surface area contributed by atoms with Gasteiger partial charge in [0.25, 0.3) is 5.69 Å². The molecule has 1 unspecified atom stereocenters. The van der Waals surface area contributed by atoms with E-state index in [-0.39, 0.29) is 29.1 Å². The lowest BCUT2D eigenvalue weighted by atomic mass is 10.1. The van der Waals surface area contributed by atoms with Crippen LogP contribution in [0.3, 0.4) is 0 Å². The maximum atomic E-state index is 10.4. The van der Waals surface area contributed by atoms with Crippen molar-refractivity contribution in [3.05, 3.63) is 39.9 Å². The second-order valence-electron chi connectivity index (χ2n) is 2.86. The molecule has 78 valence electrons. The van der Waals surface area contributed by atoms with Crippen LogP contribution in [0.15, 0.2) is 24.3 Å². The lowest BCUT2D eigenvalue weighted by Crippen LogP contribution is -2.12. The van der Waals surface area contributed by atoms with Crippen LogP contribution in [0, 0.1) is 10.1 Å². The number of nitro benzene ring substituents is 1. The molecule has 0 saturated heterocycles. The van der Waals surface area contributed by atoms with E-state index in [2.05, 4.69) is 5.32 Å². The molecule has 1 atom stereocenters. The zero-order chi connectivity index (χ0) is 9.84. The highest BCUT2D eigenvalue weighted by molar-refractivity contribution is 5.85. The molecule has 0 aliphatic carbocycles. The molecule has 14 heavy (non-hydrogen) atoms. The molecule has 0 bridgehead atoms. The molecule has 0 aliphatic heterocycles. The van der Waals surface area contributed by atoms with E-state index in [1.807, 2.05) is 20.0 Å². The van der Waals surface area contributed by atoms with Crippen molar-refractivity contribution in [3.63, 3.8) is 0 Å². The van der Waals surface area contributed by atoms with Crippen LogP contribution in [-0.4, -0.2) is 12.0 Å². The maximum absolute atomic E-state index is 10.4. The Morgan fingerprint density at radius 2 is 2.14 bits per heavy atom. The molecule has 0 fully saturated rings. The van der Waals surface area contributed by atoms with Gasteiger partial charge in [-0.2, -0.15) is 0 Å². The molecular weight excluding hydrogens is 204 g/mol. The highest BCUT2D eigenvalue weighted by Gasteiger charge is 2.08. The first kappa shape index (κ1) is 12.9. The Kier molecular flexibility index (Phi) is 5.12. The van der Waals surface area contributed by atoms with Gasteiger partial charge in [0, 0.05) is 18.2 Å². The molecule has 0 aromatic heterocycles. The van der Waals surface area contributed by atoms with E-state index in [9.17, 15) is 10.1 Å². The minimum absolute atomic E-state index is 0. The average Bonchev–Trinajstić information content (AvgIpc) is 2.17. The van der Waals surface area contributed by atoms with Gasteiger partial charge in [0.05, 0.1) is 4.92 Å². The summed E-state index contributed by atoms with van der Waals surface area (Å²) >= 11 is 0. The summed E-state index contributed by atoms with van der Waals surface area (Å²) < 4.78 is 0. The molecule has 5 heteroatoms. The number of hydrogen-bond donors (Lipinski definition) is 1. The second-order valence-corrected chi connectivity index (χ2v) is 2.86. The number of halogens is 1. The highest BCUT2D eigenvalue weighted by Crippen LogP contribution is 2.18. The van der Waals surface area contributed by atoms with E-state index in [1.165, 1.54) is 6.07 Å². The van der Waals surface area contributed by atoms with Crippen LogP contribution in [0.4, 0.5) is 5.69 Å². The fourth-order valence-corrected chi connectivity index (χ4v) is 1.07. The van der Waals surface area contributed by atoms with Gasteiger partial charge < -0.3 is 5.32 Å². The largest absolute Gasteiger partial charge is 0.313 e. The molecule has 0 spiro atoms. The minimum atomic E-state index is -0.383. The standard InChI is InChI=1S/C9H12N2O2.ClH/c1-7(10-2)8-4-3-5-9(6-8)11(12)13;/h3-7,10H,1-2H3;1H. The Labute approximate surface area is 88.9 Å². The van der Waals surface area contributed by atoms with E-state index in [0.29, 0.717) is 0 Å². The van der Waals surface area contributed by atoms with Gasteiger partial charge in [-0.25, -0.2) is 0 Å². The molecule has 0 radical (unpaired) electrons. The first-order chi connectivity index (χ1) is 6.15. The van der Waals surface area contributed by atoms with Crippen molar-refractivity contribution in [2.75, 3.05) is 7.05 Å². The summed E-state index contributed by atoms with van der Waals surface area (Å²) in [5.74, 6) is 0. The Hall–Kier alpha value is -1.13. The third-order valence-corrected chi connectivity index (χ3v) is 2.01. The van der Waals surface area contributed by atoms with E-state index in [4.69, 9.17) is 0 Å². The van der Waals surface area contributed by atoms with Gasteiger partial charge in [-0.1, -0.05) is 12.1 Å².